The van der Waals surface area contributed by atoms with Gasteiger partial charge in [0.05, 0.1) is 18.5 Å². The summed E-state index contributed by atoms with van der Waals surface area (Å²) in [5, 5.41) is 13.0. The number of aromatic nitrogens is 3. The van der Waals surface area contributed by atoms with E-state index < -0.39 is 23.5 Å². The van der Waals surface area contributed by atoms with Gasteiger partial charge in [-0.2, -0.15) is 10.4 Å². The minimum atomic E-state index is -0.646. The second-order valence-corrected chi connectivity index (χ2v) is 4.31. The van der Waals surface area contributed by atoms with E-state index >= 15 is 0 Å². The maximum atomic E-state index is 13.8. The predicted octanol–water partition coefficient (Wildman–Crippen LogP) is 2.50. The van der Waals surface area contributed by atoms with E-state index in [0.29, 0.717) is 12.1 Å². The van der Waals surface area contributed by atoms with Gasteiger partial charge in [-0.15, -0.1) is 0 Å². The molecule has 0 aliphatic carbocycles. The van der Waals surface area contributed by atoms with Crippen LogP contribution in [0.15, 0.2) is 30.9 Å². The van der Waals surface area contributed by atoms with Crippen LogP contribution in [0.4, 0.5) is 8.78 Å². The molecule has 0 unspecified atom stereocenters. The fraction of sp³-hybridized carbons (Fsp3) is 0.308. The van der Waals surface area contributed by atoms with Crippen LogP contribution in [0.1, 0.15) is 18.4 Å². The lowest BCUT2D eigenvalue weighted by Gasteiger charge is -2.20. The molecular weight excluding hydrogens is 250 g/mol. The first-order valence-corrected chi connectivity index (χ1v) is 5.78. The monoisotopic (exact) mass is 262 g/mol. The predicted molar refractivity (Wildman–Crippen MR) is 63.9 cm³/mol. The third-order valence-electron chi connectivity index (χ3n) is 3.02. The molecule has 0 bridgehead atoms. The minimum absolute atomic E-state index is 0.311. The van der Waals surface area contributed by atoms with Crippen LogP contribution in [0, 0.1) is 28.9 Å². The Hall–Kier alpha value is -2.29. The van der Waals surface area contributed by atoms with Crippen LogP contribution in [0.5, 0.6) is 0 Å². The second kappa shape index (κ2) is 5.57. The number of nitriles is 1. The zero-order valence-corrected chi connectivity index (χ0v) is 10.3. The lowest BCUT2D eigenvalue weighted by molar-refractivity contribution is 0.430. The molecule has 1 aromatic carbocycles. The van der Waals surface area contributed by atoms with Crippen molar-refractivity contribution in [2.24, 2.45) is 5.92 Å². The lowest BCUT2D eigenvalue weighted by Crippen LogP contribution is -2.17. The summed E-state index contributed by atoms with van der Waals surface area (Å²) in [7, 11) is 0. The molecule has 0 N–H and O–H groups in total. The summed E-state index contributed by atoms with van der Waals surface area (Å²) in [5.41, 5.74) is 0.311. The standard InChI is InChI=1S/C13H12F2N4/c1-9(5-16)12(6-19-8-17-7-18-19)11-3-2-10(14)4-13(11)15/h2-4,7-9,12H,6H2,1H3/t9-,12+/m1/s1. The van der Waals surface area contributed by atoms with Gasteiger partial charge in [-0.3, -0.25) is 4.68 Å². The van der Waals surface area contributed by atoms with Gasteiger partial charge in [-0.05, 0) is 18.6 Å². The van der Waals surface area contributed by atoms with Gasteiger partial charge in [0.2, 0.25) is 0 Å². The Morgan fingerprint density at radius 1 is 1.42 bits per heavy atom. The lowest BCUT2D eigenvalue weighted by atomic mass is 9.87. The third kappa shape index (κ3) is 2.94. The molecule has 0 saturated heterocycles. The minimum Gasteiger partial charge on any atom is -0.252 e. The smallest absolute Gasteiger partial charge is 0.137 e. The largest absolute Gasteiger partial charge is 0.252 e. The van der Waals surface area contributed by atoms with Crippen molar-refractivity contribution in [3.8, 4) is 6.07 Å². The van der Waals surface area contributed by atoms with Crippen LogP contribution in [0.2, 0.25) is 0 Å². The molecule has 0 saturated carbocycles. The molecule has 0 aliphatic rings. The van der Waals surface area contributed by atoms with Gasteiger partial charge in [-0.1, -0.05) is 6.07 Å². The highest BCUT2D eigenvalue weighted by Gasteiger charge is 2.23. The summed E-state index contributed by atoms with van der Waals surface area (Å²) < 4.78 is 28.3. The Morgan fingerprint density at radius 3 is 2.79 bits per heavy atom. The zero-order valence-electron chi connectivity index (χ0n) is 10.3. The van der Waals surface area contributed by atoms with E-state index in [1.165, 1.54) is 29.5 Å². The third-order valence-corrected chi connectivity index (χ3v) is 3.02. The van der Waals surface area contributed by atoms with E-state index in [1.54, 1.807) is 6.92 Å². The van der Waals surface area contributed by atoms with Gasteiger partial charge in [0.25, 0.3) is 0 Å². The molecule has 1 aromatic heterocycles. The van der Waals surface area contributed by atoms with E-state index in [2.05, 4.69) is 16.2 Å². The van der Waals surface area contributed by atoms with Crippen LogP contribution < -0.4 is 0 Å². The maximum absolute atomic E-state index is 13.8. The topological polar surface area (TPSA) is 54.5 Å². The van der Waals surface area contributed by atoms with E-state index in [-0.39, 0.29) is 0 Å². The van der Waals surface area contributed by atoms with Gasteiger partial charge in [0.15, 0.2) is 0 Å². The average Bonchev–Trinajstić information content (AvgIpc) is 2.89. The SMILES string of the molecule is C[C@H](C#N)[C@H](Cn1cncn1)c1ccc(F)cc1F. The van der Waals surface area contributed by atoms with Crippen molar-refractivity contribution in [2.75, 3.05) is 0 Å². The highest BCUT2D eigenvalue weighted by atomic mass is 19.1. The van der Waals surface area contributed by atoms with E-state index in [0.717, 1.165) is 6.07 Å². The first-order chi connectivity index (χ1) is 9.11. The highest BCUT2D eigenvalue weighted by Crippen LogP contribution is 2.28. The second-order valence-electron chi connectivity index (χ2n) is 4.31. The fourth-order valence-corrected chi connectivity index (χ4v) is 1.95. The highest BCUT2D eigenvalue weighted by molar-refractivity contribution is 5.24. The Morgan fingerprint density at radius 2 is 2.21 bits per heavy atom. The molecule has 19 heavy (non-hydrogen) atoms. The molecule has 0 radical (unpaired) electrons. The molecule has 2 rings (SSSR count). The van der Waals surface area contributed by atoms with Crippen LogP contribution in [-0.2, 0) is 6.54 Å². The number of halogens is 2. The molecule has 2 atom stereocenters. The first-order valence-electron chi connectivity index (χ1n) is 5.78. The zero-order chi connectivity index (χ0) is 13.8. The Labute approximate surface area is 109 Å². The van der Waals surface area contributed by atoms with Crippen LogP contribution in [-0.4, -0.2) is 14.8 Å². The van der Waals surface area contributed by atoms with Crippen molar-refractivity contribution in [1.82, 2.24) is 14.8 Å². The quantitative estimate of drug-likeness (QED) is 0.850. The molecule has 0 aliphatic heterocycles. The summed E-state index contributed by atoms with van der Waals surface area (Å²) in [6.07, 6.45) is 2.87. The summed E-state index contributed by atoms with van der Waals surface area (Å²) >= 11 is 0. The molecule has 0 spiro atoms. The van der Waals surface area contributed by atoms with Gasteiger partial charge in [0, 0.05) is 12.0 Å². The van der Waals surface area contributed by atoms with Gasteiger partial charge in [-0.25, -0.2) is 13.8 Å². The van der Waals surface area contributed by atoms with Crippen molar-refractivity contribution >= 4 is 0 Å². The number of benzene rings is 1. The van der Waals surface area contributed by atoms with Crippen LogP contribution >= 0.6 is 0 Å². The summed E-state index contributed by atoms with van der Waals surface area (Å²) in [6, 6.07) is 5.49. The Bertz CT molecular complexity index is 589. The van der Waals surface area contributed by atoms with E-state index in [9.17, 15) is 8.78 Å². The van der Waals surface area contributed by atoms with Crippen molar-refractivity contribution in [1.29, 1.82) is 5.26 Å². The van der Waals surface area contributed by atoms with Crippen LogP contribution in [0.3, 0.4) is 0 Å². The average molecular weight is 262 g/mol. The van der Waals surface area contributed by atoms with Gasteiger partial charge >= 0.3 is 0 Å². The number of nitrogens with zero attached hydrogens (tertiary/aromatic N) is 4. The van der Waals surface area contributed by atoms with Crippen molar-refractivity contribution < 1.29 is 8.78 Å². The summed E-state index contributed by atoms with van der Waals surface area (Å²) in [5.74, 6) is -2.12. The molecule has 1 heterocycles. The van der Waals surface area contributed by atoms with Crippen LogP contribution in [0.25, 0.3) is 0 Å². The summed E-state index contributed by atoms with van der Waals surface area (Å²) in [6.45, 7) is 2.02. The molecular formula is C13H12F2N4. The summed E-state index contributed by atoms with van der Waals surface area (Å²) in [4.78, 5) is 3.81. The van der Waals surface area contributed by atoms with E-state index in [1.807, 2.05) is 0 Å². The molecule has 4 nitrogen and oxygen atoms in total. The van der Waals surface area contributed by atoms with Gasteiger partial charge in [0.1, 0.15) is 24.3 Å². The first kappa shape index (κ1) is 13.1. The van der Waals surface area contributed by atoms with Crippen molar-refractivity contribution in [2.45, 2.75) is 19.4 Å². The van der Waals surface area contributed by atoms with Crippen molar-refractivity contribution in [3.05, 3.63) is 48.1 Å². The molecule has 0 amide bonds. The van der Waals surface area contributed by atoms with Crippen molar-refractivity contribution in [3.63, 3.8) is 0 Å². The number of rotatable bonds is 4. The molecule has 0 fully saturated rings. The Balaban J connectivity index is 2.35. The Kier molecular flexibility index (Phi) is 3.85. The number of hydrogen-bond donors (Lipinski definition) is 0. The molecule has 2 aromatic rings. The van der Waals surface area contributed by atoms with Gasteiger partial charge < -0.3 is 0 Å². The fourth-order valence-electron chi connectivity index (χ4n) is 1.95. The maximum Gasteiger partial charge on any atom is 0.137 e. The normalized spacial score (nSPS) is 13.8. The van der Waals surface area contributed by atoms with E-state index in [4.69, 9.17) is 5.26 Å². The number of hydrogen-bond acceptors (Lipinski definition) is 3. The molecule has 98 valence electrons. The molecule has 6 heteroatoms.